The van der Waals surface area contributed by atoms with Crippen LogP contribution in [0.5, 0.6) is 0 Å². The Labute approximate surface area is 457 Å². The van der Waals surface area contributed by atoms with Crippen molar-refractivity contribution in [2.45, 2.75) is 392 Å². The molecule has 0 aromatic rings. The Morgan fingerprint density at radius 1 is 0.370 bits per heavy atom. The molecule has 6 heteroatoms. The van der Waals surface area contributed by atoms with Gasteiger partial charge in [0.05, 0.1) is 25.4 Å². The Balaban J connectivity index is 3.34. The first-order chi connectivity index (χ1) is 36.0. The quantitative estimate of drug-likeness (QED) is 0.0320. The second-order valence-electron chi connectivity index (χ2n) is 23.2. The standard InChI is InChI=1S/C67H131NO5/c1-3-5-7-9-11-13-15-16-17-18-27-31-34-37-41-45-49-53-57-61-67(72)73-62-58-54-50-46-42-38-35-32-29-26-24-22-20-19-21-23-25-28-30-33-36-40-44-48-52-56-60-66(71)68-64(63-69)65(70)59-55-51-47-43-39-14-12-10-8-6-4-2/h19,21,64-65,69-70H,3-18,20,22-63H2,1-2H3,(H,68,71)/b21-19-. The number of carbonyl (C=O) groups excluding carboxylic acids is 2. The molecule has 6 nitrogen and oxygen atoms in total. The molecular weight excluding hydrogens is 899 g/mol. The zero-order valence-electron chi connectivity index (χ0n) is 49.6. The number of unbranched alkanes of at least 4 members (excludes halogenated alkanes) is 50. The number of carbonyl (C=O) groups is 2. The summed E-state index contributed by atoms with van der Waals surface area (Å²) in [5, 5.41) is 23.2. The predicted octanol–water partition coefficient (Wildman–Crippen LogP) is 21.2. The summed E-state index contributed by atoms with van der Waals surface area (Å²) in [6.45, 7) is 4.98. The van der Waals surface area contributed by atoms with Crippen molar-refractivity contribution < 1.29 is 24.5 Å². The maximum Gasteiger partial charge on any atom is 0.305 e. The average Bonchev–Trinajstić information content (AvgIpc) is 3.39. The highest BCUT2D eigenvalue weighted by Crippen LogP contribution is 2.18. The van der Waals surface area contributed by atoms with E-state index < -0.39 is 12.1 Å². The van der Waals surface area contributed by atoms with Crippen LogP contribution in [-0.4, -0.2) is 47.4 Å². The molecule has 73 heavy (non-hydrogen) atoms. The SMILES string of the molecule is CCCCCCCCCCCCCCCCCCCCCC(=O)OCCCCCCCCCCCCCC/C=C\CCCCCCCCCCCCC(=O)NC(CO)C(O)CCCCCCCCCCCCC. The zero-order valence-corrected chi connectivity index (χ0v) is 49.6. The molecule has 0 rings (SSSR count). The second kappa shape index (κ2) is 63.1. The molecule has 0 saturated carbocycles. The van der Waals surface area contributed by atoms with E-state index in [-0.39, 0.29) is 18.5 Å². The minimum atomic E-state index is -0.663. The molecule has 0 aliphatic rings. The van der Waals surface area contributed by atoms with E-state index in [9.17, 15) is 19.8 Å². The minimum Gasteiger partial charge on any atom is -0.466 e. The monoisotopic (exact) mass is 1030 g/mol. The smallest absolute Gasteiger partial charge is 0.305 e. The number of rotatable bonds is 63. The van der Waals surface area contributed by atoms with Crippen LogP contribution in [0.1, 0.15) is 380 Å². The fourth-order valence-electron chi connectivity index (χ4n) is 10.7. The van der Waals surface area contributed by atoms with Gasteiger partial charge in [-0.25, -0.2) is 0 Å². The zero-order chi connectivity index (χ0) is 52.9. The lowest BCUT2D eigenvalue weighted by Gasteiger charge is -2.22. The van der Waals surface area contributed by atoms with E-state index in [4.69, 9.17) is 4.74 Å². The molecule has 0 fully saturated rings. The molecule has 1 amide bonds. The molecule has 434 valence electrons. The predicted molar refractivity (Wildman–Crippen MR) is 320 cm³/mol. The molecular formula is C67H131NO5. The van der Waals surface area contributed by atoms with Gasteiger partial charge < -0.3 is 20.3 Å². The van der Waals surface area contributed by atoms with Crippen molar-refractivity contribution in [2.24, 2.45) is 0 Å². The minimum absolute atomic E-state index is 0.0199. The molecule has 0 aliphatic heterocycles. The Kier molecular flexibility index (Phi) is 61.9. The maximum atomic E-state index is 12.5. The van der Waals surface area contributed by atoms with E-state index >= 15 is 0 Å². The summed E-state index contributed by atoms with van der Waals surface area (Å²) in [7, 11) is 0. The van der Waals surface area contributed by atoms with Gasteiger partial charge in [0.25, 0.3) is 0 Å². The van der Waals surface area contributed by atoms with E-state index in [1.54, 1.807) is 0 Å². The van der Waals surface area contributed by atoms with Gasteiger partial charge in [0.1, 0.15) is 0 Å². The highest BCUT2D eigenvalue weighted by molar-refractivity contribution is 5.76. The van der Waals surface area contributed by atoms with Crippen LogP contribution in [0.25, 0.3) is 0 Å². The summed E-state index contributed by atoms with van der Waals surface area (Å²) >= 11 is 0. The van der Waals surface area contributed by atoms with E-state index in [1.165, 1.54) is 308 Å². The van der Waals surface area contributed by atoms with Crippen molar-refractivity contribution in [3.63, 3.8) is 0 Å². The first kappa shape index (κ1) is 71.6. The molecule has 0 saturated heterocycles. The highest BCUT2D eigenvalue weighted by Gasteiger charge is 2.20. The van der Waals surface area contributed by atoms with Gasteiger partial charge >= 0.3 is 5.97 Å². The van der Waals surface area contributed by atoms with Gasteiger partial charge in [0.2, 0.25) is 5.91 Å². The Morgan fingerprint density at radius 3 is 0.973 bits per heavy atom. The van der Waals surface area contributed by atoms with Crippen LogP contribution in [0.3, 0.4) is 0 Å². The molecule has 3 N–H and O–H groups in total. The van der Waals surface area contributed by atoms with Crippen molar-refractivity contribution in [2.75, 3.05) is 13.2 Å². The number of esters is 1. The van der Waals surface area contributed by atoms with Crippen LogP contribution >= 0.6 is 0 Å². The number of nitrogens with one attached hydrogen (secondary N) is 1. The number of allylic oxidation sites excluding steroid dienone is 2. The average molecular weight is 1030 g/mol. The third-order valence-electron chi connectivity index (χ3n) is 15.8. The molecule has 0 radical (unpaired) electrons. The van der Waals surface area contributed by atoms with Crippen molar-refractivity contribution >= 4 is 11.9 Å². The van der Waals surface area contributed by atoms with E-state index in [2.05, 4.69) is 31.3 Å². The number of hydrogen-bond acceptors (Lipinski definition) is 5. The number of ether oxygens (including phenoxy) is 1. The van der Waals surface area contributed by atoms with E-state index in [1.807, 2.05) is 0 Å². The van der Waals surface area contributed by atoms with Crippen LogP contribution < -0.4 is 5.32 Å². The van der Waals surface area contributed by atoms with Crippen molar-refractivity contribution in [3.05, 3.63) is 12.2 Å². The topological polar surface area (TPSA) is 95.9 Å². The van der Waals surface area contributed by atoms with Crippen LogP contribution in [0.15, 0.2) is 12.2 Å². The number of aliphatic hydroxyl groups is 2. The summed E-state index contributed by atoms with van der Waals surface area (Å²) in [6, 6.07) is -0.541. The summed E-state index contributed by atoms with van der Waals surface area (Å²) in [4.78, 5) is 24.6. The van der Waals surface area contributed by atoms with Gasteiger partial charge in [-0.1, -0.05) is 328 Å². The maximum absolute atomic E-state index is 12.5. The van der Waals surface area contributed by atoms with Crippen LogP contribution in [0, 0.1) is 0 Å². The third kappa shape index (κ3) is 59.7. The lowest BCUT2D eigenvalue weighted by atomic mass is 10.0. The molecule has 0 aliphatic carbocycles. The van der Waals surface area contributed by atoms with Gasteiger partial charge in [-0.2, -0.15) is 0 Å². The molecule has 2 unspecified atom stereocenters. The summed E-state index contributed by atoms with van der Waals surface area (Å²) < 4.78 is 5.51. The molecule has 0 aromatic carbocycles. The number of aliphatic hydroxyl groups excluding tert-OH is 2. The summed E-state index contributed by atoms with van der Waals surface area (Å²) in [5.41, 5.74) is 0. The fraction of sp³-hybridized carbons (Fsp3) is 0.940. The van der Waals surface area contributed by atoms with Gasteiger partial charge in [-0.3, -0.25) is 9.59 Å². The molecule has 2 atom stereocenters. The van der Waals surface area contributed by atoms with E-state index in [0.717, 1.165) is 38.5 Å². The van der Waals surface area contributed by atoms with Gasteiger partial charge in [0.15, 0.2) is 0 Å². The normalized spacial score (nSPS) is 12.5. The second-order valence-corrected chi connectivity index (χ2v) is 23.2. The lowest BCUT2D eigenvalue weighted by Crippen LogP contribution is -2.45. The third-order valence-corrected chi connectivity index (χ3v) is 15.8. The lowest BCUT2D eigenvalue weighted by molar-refractivity contribution is -0.143. The summed E-state index contributed by atoms with van der Waals surface area (Å²) in [5.74, 6) is -0.0161. The van der Waals surface area contributed by atoms with Crippen molar-refractivity contribution in [1.29, 1.82) is 0 Å². The number of hydrogen-bond donors (Lipinski definition) is 3. The molecule has 0 heterocycles. The van der Waals surface area contributed by atoms with Crippen LogP contribution in [0.4, 0.5) is 0 Å². The van der Waals surface area contributed by atoms with Crippen molar-refractivity contribution in [1.82, 2.24) is 5.32 Å². The van der Waals surface area contributed by atoms with Crippen LogP contribution in [0.2, 0.25) is 0 Å². The largest absolute Gasteiger partial charge is 0.466 e. The summed E-state index contributed by atoms with van der Waals surface area (Å²) in [6.07, 6.45) is 76.8. The van der Waals surface area contributed by atoms with Crippen molar-refractivity contribution in [3.8, 4) is 0 Å². The molecule has 0 bridgehead atoms. The first-order valence-electron chi connectivity index (χ1n) is 33.4. The van der Waals surface area contributed by atoms with E-state index in [0.29, 0.717) is 25.9 Å². The Hall–Kier alpha value is -1.40. The van der Waals surface area contributed by atoms with Gasteiger partial charge in [-0.15, -0.1) is 0 Å². The Bertz CT molecular complexity index is 1100. The Morgan fingerprint density at radius 2 is 0.644 bits per heavy atom. The molecule has 0 aromatic heterocycles. The first-order valence-corrected chi connectivity index (χ1v) is 33.4. The van der Waals surface area contributed by atoms with Gasteiger partial charge in [-0.05, 0) is 51.4 Å². The number of amides is 1. The highest BCUT2D eigenvalue weighted by atomic mass is 16.5. The van der Waals surface area contributed by atoms with Crippen LogP contribution in [-0.2, 0) is 14.3 Å². The fourth-order valence-corrected chi connectivity index (χ4v) is 10.7. The van der Waals surface area contributed by atoms with Gasteiger partial charge in [0, 0.05) is 12.8 Å². The molecule has 0 spiro atoms.